The van der Waals surface area contributed by atoms with Crippen LogP contribution in [0.2, 0.25) is 10.0 Å². The lowest BCUT2D eigenvalue weighted by molar-refractivity contribution is -0.140. The van der Waals surface area contributed by atoms with Crippen LogP contribution in [0.5, 0.6) is 17.2 Å². The quantitative estimate of drug-likeness (QED) is 0.395. The van der Waals surface area contributed by atoms with Crippen LogP contribution in [0.15, 0.2) is 59.1 Å². The van der Waals surface area contributed by atoms with Crippen LogP contribution in [-0.2, 0) is 16.1 Å². The Bertz CT molecular complexity index is 1270. The number of hydrogen-bond donors (Lipinski definition) is 1. The zero-order valence-corrected chi connectivity index (χ0v) is 21.9. The normalized spacial score (nSPS) is 15.1. The molecule has 0 saturated heterocycles. The molecule has 0 saturated carbocycles. The highest BCUT2D eigenvalue weighted by molar-refractivity contribution is 9.10. The van der Waals surface area contributed by atoms with Gasteiger partial charge in [0.05, 0.1) is 25.8 Å². The highest BCUT2D eigenvalue weighted by atomic mass is 79.9. The second-order valence-corrected chi connectivity index (χ2v) is 9.37. The molecule has 10 heteroatoms. The number of rotatable bonds is 6. The van der Waals surface area contributed by atoms with E-state index in [9.17, 15) is 9.59 Å². The van der Waals surface area contributed by atoms with Gasteiger partial charge in [-0.3, -0.25) is 9.59 Å². The number of halogens is 3. The van der Waals surface area contributed by atoms with Crippen LogP contribution in [0.3, 0.4) is 0 Å². The third-order valence-electron chi connectivity index (χ3n) is 5.54. The topological polar surface area (TPSA) is 77.1 Å². The number of methoxy groups -OCH3 is 2. The second-order valence-electron chi connectivity index (χ2n) is 7.67. The molecule has 1 unspecified atom stereocenters. The molecule has 7 nitrogen and oxygen atoms in total. The number of ether oxygens (including phenoxy) is 3. The first-order chi connectivity index (χ1) is 16.8. The van der Waals surface area contributed by atoms with Gasteiger partial charge in [0.1, 0.15) is 28.3 Å². The van der Waals surface area contributed by atoms with Crippen molar-refractivity contribution >= 4 is 56.6 Å². The number of amides is 2. The number of nitrogens with zero attached hydrogens (tertiary/aromatic N) is 1. The van der Waals surface area contributed by atoms with Gasteiger partial charge < -0.3 is 24.4 Å². The van der Waals surface area contributed by atoms with Crippen LogP contribution >= 0.6 is 39.1 Å². The lowest BCUT2D eigenvalue weighted by atomic mass is 10.0. The summed E-state index contributed by atoms with van der Waals surface area (Å²) in [6.45, 7) is -0.235. The fourth-order valence-electron chi connectivity index (χ4n) is 3.81. The first kappa shape index (κ1) is 25.2. The van der Waals surface area contributed by atoms with Crippen LogP contribution in [-0.4, -0.2) is 37.5 Å². The Balaban J connectivity index is 1.79. The van der Waals surface area contributed by atoms with E-state index in [1.165, 1.54) is 12.0 Å². The number of carbonyl (C=O) groups is 2. The van der Waals surface area contributed by atoms with E-state index in [2.05, 4.69) is 21.2 Å². The molecular formula is C25H21BrCl2N2O5. The molecule has 0 aliphatic carbocycles. The van der Waals surface area contributed by atoms with Gasteiger partial charge in [-0.15, -0.1) is 0 Å². The first-order valence-corrected chi connectivity index (χ1v) is 12.0. The molecule has 1 atom stereocenters. The lowest BCUT2D eigenvalue weighted by Gasteiger charge is -2.30. The van der Waals surface area contributed by atoms with Crippen molar-refractivity contribution in [2.75, 3.05) is 26.1 Å². The van der Waals surface area contributed by atoms with E-state index in [1.807, 2.05) is 12.1 Å². The largest absolute Gasteiger partial charge is 0.497 e. The molecule has 0 bridgehead atoms. The highest BCUT2D eigenvalue weighted by Gasteiger charge is 2.38. The van der Waals surface area contributed by atoms with Gasteiger partial charge in [0, 0.05) is 27.4 Å². The summed E-state index contributed by atoms with van der Waals surface area (Å²) >= 11 is 16.0. The van der Waals surface area contributed by atoms with Crippen molar-refractivity contribution in [2.24, 2.45) is 0 Å². The minimum Gasteiger partial charge on any atom is -0.497 e. The summed E-state index contributed by atoms with van der Waals surface area (Å²) in [6, 6.07) is 14.6. The van der Waals surface area contributed by atoms with Gasteiger partial charge in [-0.2, -0.15) is 0 Å². The van der Waals surface area contributed by atoms with E-state index < -0.39 is 17.9 Å². The molecule has 1 N–H and O–H groups in total. The summed E-state index contributed by atoms with van der Waals surface area (Å²) in [4.78, 5) is 28.4. The summed E-state index contributed by atoms with van der Waals surface area (Å²) in [7, 11) is 3.08. The number of fused-ring (bicyclic) bond motifs is 1. The van der Waals surface area contributed by atoms with E-state index in [4.69, 9.17) is 37.4 Å². The van der Waals surface area contributed by atoms with Gasteiger partial charge in [0.15, 0.2) is 6.61 Å². The zero-order valence-electron chi connectivity index (χ0n) is 18.8. The summed E-state index contributed by atoms with van der Waals surface area (Å²) in [6.07, 6.45) is 0. The van der Waals surface area contributed by atoms with Crippen molar-refractivity contribution in [1.29, 1.82) is 0 Å². The predicted octanol–water partition coefficient (Wildman–Crippen LogP) is 5.87. The van der Waals surface area contributed by atoms with Crippen LogP contribution in [0.1, 0.15) is 17.2 Å². The minimum absolute atomic E-state index is 0.0769. The Morgan fingerprint density at radius 2 is 1.86 bits per heavy atom. The SMILES string of the molecule is COc1ccc(CN2C(=O)COc3c(ccc(Cl)c3Cl)C2C(=O)Nc2ccc(Br)cc2)c(OC)c1. The van der Waals surface area contributed by atoms with Crippen LogP contribution in [0.25, 0.3) is 0 Å². The van der Waals surface area contributed by atoms with Crippen molar-refractivity contribution in [1.82, 2.24) is 4.90 Å². The number of anilines is 1. The van der Waals surface area contributed by atoms with E-state index >= 15 is 0 Å². The summed E-state index contributed by atoms with van der Waals surface area (Å²) in [5.74, 6) is 0.490. The number of benzene rings is 3. The van der Waals surface area contributed by atoms with Gasteiger partial charge in [0.25, 0.3) is 11.8 Å². The molecule has 0 spiro atoms. The molecule has 3 aromatic rings. The van der Waals surface area contributed by atoms with Crippen molar-refractivity contribution < 1.29 is 23.8 Å². The fraction of sp³-hybridized carbons (Fsp3) is 0.200. The van der Waals surface area contributed by atoms with Gasteiger partial charge in [0.2, 0.25) is 0 Å². The van der Waals surface area contributed by atoms with E-state index in [-0.39, 0.29) is 28.9 Å². The molecule has 4 rings (SSSR count). The van der Waals surface area contributed by atoms with Crippen molar-refractivity contribution in [3.8, 4) is 17.2 Å². The number of nitrogens with one attached hydrogen (secondary N) is 1. The third kappa shape index (κ3) is 5.34. The number of carbonyl (C=O) groups excluding carboxylic acids is 2. The number of hydrogen-bond acceptors (Lipinski definition) is 5. The molecule has 1 aliphatic heterocycles. The first-order valence-electron chi connectivity index (χ1n) is 10.5. The smallest absolute Gasteiger partial charge is 0.261 e. The van der Waals surface area contributed by atoms with Gasteiger partial charge >= 0.3 is 0 Å². The molecule has 3 aromatic carbocycles. The van der Waals surface area contributed by atoms with E-state index in [1.54, 1.807) is 49.6 Å². The standard InChI is InChI=1S/C25H21BrCl2N2O5/c1-33-17-8-3-14(20(11-17)34-2)12-30-21(31)13-35-24-18(9-10-19(27)22(24)28)23(30)25(32)29-16-6-4-15(26)5-7-16/h3-11,23H,12-13H2,1-2H3,(H,29,32). The monoisotopic (exact) mass is 578 g/mol. The average Bonchev–Trinajstić information content (AvgIpc) is 3.00. The Hall–Kier alpha value is -2.94. The van der Waals surface area contributed by atoms with Gasteiger partial charge in [-0.25, -0.2) is 0 Å². The third-order valence-corrected chi connectivity index (χ3v) is 6.86. The van der Waals surface area contributed by atoms with E-state index in [0.717, 1.165) is 4.47 Å². The maximum Gasteiger partial charge on any atom is 0.261 e. The Morgan fingerprint density at radius 3 is 2.54 bits per heavy atom. The summed E-state index contributed by atoms with van der Waals surface area (Å²) in [5.41, 5.74) is 1.68. The van der Waals surface area contributed by atoms with E-state index in [0.29, 0.717) is 28.3 Å². The van der Waals surface area contributed by atoms with Gasteiger partial charge in [-0.05, 0) is 42.5 Å². The highest BCUT2D eigenvalue weighted by Crippen LogP contribution is 2.42. The molecule has 2 amide bonds. The zero-order chi connectivity index (χ0) is 25.1. The molecule has 182 valence electrons. The van der Waals surface area contributed by atoms with Gasteiger partial charge in [-0.1, -0.05) is 45.2 Å². The van der Waals surface area contributed by atoms with Crippen LogP contribution < -0.4 is 19.5 Å². The molecule has 0 radical (unpaired) electrons. The molecule has 1 aliphatic rings. The molecule has 1 heterocycles. The summed E-state index contributed by atoms with van der Waals surface area (Å²) in [5, 5.41) is 3.29. The Labute approximate surface area is 221 Å². The average molecular weight is 580 g/mol. The van der Waals surface area contributed by atoms with Crippen molar-refractivity contribution in [3.05, 3.63) is 80.2 Å². The second kappa shape index (κ2) is 10.8. The van der Waals surface area contributed by atoms with Crippen LogP contribution in [0, 0.1) is 0 Å². The van der Waals surface area contributed by atoms with Crippen molar-refractivity contribution in [3.63, 3.8) is 0 Å². The maximum atomic E-state index is 13.7. The minimum atomic E-state index is -1.05. The predicted molar refractivity (Wildman–Crippen MR) is 138 cm³/mol. The lowest BCUT2D eigenvalue weighted by Crippen LogP contribution is -2.41. The Kier molecular flexibility index (Phi) is 7.74. The summed E-state index contributed by atoms with van der Waals surface area (Å²) < 4.78 is 17.4. The van der Waals surface area contributed by atoms with Crippen LogP contribution in [0.4, 0.5) is 5.69 Å². The Morgan fingerprint density at radius 1 is 1.11 bits per heavy atom. The van der Waals surface area contributed by atoms with Crippen molar-refractivity contribution in [2.45, 2.75) is 12.6 Å². The fourth-order valence-corrected chi connectivity index (χ4v) is 4.45. The molecule has 35 heavy (non-hydrogen) atoms. The maximum absolute atomic E-state index is 13.7. The molecular weight excluding hydrogens is 559 g/mol. The molecule has 0 fully saturated rings. The molecule has 0 aromatic heterocycles.